The van der Waals surface area contributed by atoms with Crippen LogP contribution in [-0.4, -0.2) is 35.5 Å². The Labute approximate surface area is 226 Å². The van der Waals surface area contributed by atoms with Crippen LogP contribution in [0, 0.1) is 11.2 Å². The number of nitrogens with zero attached hydrogens (tertiary/aromatic N) is 3. The molecular formula is C30H30ClFN4O2. The van der Waals surface area contributed by atoms with Crippen molar-refractivity contribution in [2.45, 2.75) is 38.6 Å². The van der Waals surface area contributed by atoms with Crippen LogP contribution in [0.2, 0.25) is 5.02 Å². The summed E-state index contributed by atoms with van der Waals surface area (Å²) in [6.45, 7) is 4.46. The molecule has 2 aromatic heterocycles. The second-order valence-corrected chi connectivity index (χ2v) is 11.0. The average molecular weight is 533 g/mol. The molecule has 2 fully saturated rings. The lowest BCUT2D eigenvalue weighted by atomic mass is 9.56. The quantitative estimate of drug-likeness (QED) is 0.316. The van der Waals surface area contributed by atoms with Crippen molar-refractivity contribution in [2.75, 3.05) is 25.1 Å². The number of aromatic nitrogens is 2. The third kappa shape index (κ3) is 4.39. The summed E-state index contributed by atoms with van der Waals surface area (Å²) in [6.07, 6.45) is 4.57. The van der Waals surface area contributed by atoms with Gasteiger partial charge in [0.25, 0.3) is 5.91 Å². The van der Waals surface area contributed by atoms with Crippen LogP contribution in [0.5, 0.6) is 5.75 Å². The van der Waals surface area contributed by atoms with E-state index in [4.69, 9.17) is 16.3 Å². The van der Waals surface area contributed by atoms with Crippen molar-refractivity contribution >= 4 is 28.8 Å². The van der Waals surface area contributed by atoms with Gasteiger partial charge in [0.05, 0.1) is 17.8 Å². The molecule has 0 radical (unpaired) electrons. The van der Waals surface area contributed by atoms with Gasteiger partial charge in [-0.3, -0.25) is 9.20 Å². The number of amides is 1. The fraction of sp³-hybridized carbons (Fsp3) is 0.333. The smallest absolute Gasteiger partial charge is 0.270 e. The molecule has 0 atom stereocenters. The Morgan fingerprint density at radius 1 is 1.16 bits per heavy atom. The first-order chi connectivity index (χ1) is 18.4. The van der Waals surface area contributed by atoms with E-state index < -0.39 is 0 Å². The number of anilines is 1. The Bertz CT molecular complexity index is 1500. The summed E-state index contributed by atoms with van der Waals surface area (Å²) < 4.78 is 20.9. The van der Waals surface area contributed by atoms with Gasteiger partial charge in [-0.05, 0) is 72.7 Å². The largest absolute Gasteiger partial charge is 0.494 e. The molecule has 1 saturated heterocycles. The molecule has 1 aliphatic carbocycles. The van der Waals surface area contributed by atoms with Crippen LogP contribution in [0.3, 0.4) is 0 Å². The highest BCUT2D eigenvalue weighted by molar-refractivity contribution is 6.30. The number of carbonyl (C=O) groups excluding carboxylic acids is 1. The number of hydrogen-bond acceptors (Lipinski definition) is 4. The molecule has 1 saturated carbocycles. The zero-order valence-corrected chi connectivity index (χ0v) is 22.3. The Morgan fingerprint density at radius 2 is 1.92 bits per heavy atom. The molecule has 6 nitrogen and oxygen atoms in total. The van der Waals surface area contributed by atoms with Gasteiger partial charge in [-0.25, -0.2) is 9.37 Å². The predicted molar refractivity (Wildman–Crippen MR) is 147 cm³/mol. The standard InChI is InChI=1S/C30H30ClFN4O2/c1-3-25-28(36-16-22(31)7-11-27(36)34-25)29(37)33-15-19-4-8-23(9-5-19)35-17-30(18-35)13-21(14-30)20-6-10-26(38-2)24(32)12-20/h4-12,16,21H,3,13-15,17-18H2,1-2H3,(H,33,37). The lowest BCUT2D eigenvalue weighted by molar-refractivity contribution is 0.0632. The Hall–Kier alpha value is -3.58. The number of rotatable bonds is 7. The molecule has 0 unspecified atom stereocenters. The van der Waals surface area contributed by atoms with E-state index in [0.29, 0.717) is 46.4 Å². The fourth-order valence-corrected chi connectivity index (χ4v) is 6.17. The topological polar surface area (TPSA) is 58.9 Å². The third-order valence-electron chi connectivity index (χ3n) is 8.02. The van der Waals surface area contributed by atoms with Crippen LogP contribution in [0.1, 0.15) is 53.0 Å². The van der Waals surface area contributed by atoms with E-state index in [1.54, 1.807) is 28.8 Å². The van der Waals surface area contributed by atoms with Gasteiger partial charge in [0.1, 0.15) is 11.3 Å². The Balaban J connectivity index is 1.03. The number of aryl methyl sites for hydroxylation is 1. The van der Waals surface area contributed by atoms with Crippen molar-refractivity contribution in [3.8, 4) is 5.75 Å². The van der Waals surface area contributed by atoms with Crippen molar-refractivity contribution in [1.82, 2.24) is 14.7 Å². The molecule has 1 aliphatic heterocycles. The minimum Gasteiger partial charge on any atom is -0.494 e. The second-order valence-electron chi connectivity index (χ2n) is 10.5. The number of carbonyl (C=O) groups is 1. The number of pyridine rings is 1. The van der Waals surface area contributed by atoms with Crippen LogP contribution >= 0.6 is 11.6 Å². The van der Waals surface area contributed by atoms with Gasteiger partial charge in [-0.2, -0.15) is 0 Å². The highest BCUT2D eigenvalue weighted by atomic mass is 35.5. The molecule has 2 aliphatic rings. The van der Waals surface area contributed by atoms with Crippen molar-refractivity contribution in [3.05, 3.63) is 94.1 Å². The summed E-state index contributed by atoms with van der Waals surface area (Å²) in [5, 5.41) is 3.59. The van der Waals surface area contributed by atoms with Gasteiger partial charge < -0.3 is 15.0 Å². The van der Waals surface area contributed by atoms with Crippen molar-refractivity contribution in [3.63, 3.8) is 0 Å². The number of hydrogen-bond donors (Lipinski definition) is 1. The molecule has 3 heterocycles. The van der Waals surface area contributed by atoms with Crippen LogP contribution in [0.25, 0.3) is 5.65 Å². The highest BCUT2D eigenvalue weighted by Gasteiger charge is 2.52. The number of methoxy groups -OCH3 is 1. The maximum Gasteiger partial charge on any atom is 0.270 e. The first-order valence-corrected chi connectivity index (χ1v) is 13.4. The first kappa shape index (κ1) is 24.7. The molecule has 196 valence electrons. The van der Waals surface area contributed by atoms with Crippen molar-refractivity contribution < 1.29 is 13.9 Å². The maximum absolute atomic E-state index is 14.1. The van der Waals surface area contributed by atoms with E-state index in [-0.39, 0.29) is 11.7 Å². The molecule has 1 spiro atoms. The molecule has 6 rings (SSSR count). The van der Waals surface area contributed by atoms with Crippen LogP contribution in [0.15, 0.2) is 60.8 Å². The van der Waals surface area contributed by atoms with Crippen LogP contribution in [0.4, 0.5) is 10.1 Å². The number of imidazole rings is 1. The number of benzene rings is 2. The molecule has 38 heavy (non-hydrogen) atoms. The lowest BCUT2D eigenvalue weighted by Crippen LogP contribution is -2.61. The van der Waals surface area contributed by atoms with E-state index in [9.17, 15) is 9.18 Å². The van der Waals surface area contributed by atoms with Crippen LogP contribution < -0.4 is 15.0 Å². The number of halogens is 2. The van der Waals surface area contributed by atoms with E-state index in [2.05, 4.69) is 39.5 Å². The summed E-state index contributed by atoms with van der Waals surface area (Å²) in [6, 6.07) is 17.3. The molecule has 1 N–H and O–H groups in total. The normalized spacial score (nSPS) is 16.4. The summed E-state index contributed by atoms with van der Waals surface area (Å²) in [5.41, 5.74) is 5.62. The van der Waals surface area contributed by atoms with E-state index >= 15 is 0 Å². The molecule has 1 amide bonds. The van der Waals surface area contributed by atoms with Crippen LogP contribution in [-0.2, 0) is 13.0 Å². The minimum atomic E-state index is -0.286. The SMILES string of the molecule is CCc1nc2ccc(Cl)cn2c1C(=O)NCc1ccc(N2CC3(CC(c4ccc(OC)c(F)c4)C3)C2)cc1. The second kappa shape index (κ2) is 9.62. The van der Waals surface area contributed by atoms with Gasteiger partial charge in [0, 0.05) is 36.9 Å². The van der Waals surface area contributed by atoms with Gasteiger partial charge in [-0.15, -0.1) is 0 Å². The van der Waals surface area contributed by atoms with E-state index in [1.165, 1.54) is 12.8 Å². The molecule has 4 aromatic rings. The summed E-state index contributed by atoms with van der Waals surface area (Å²) in [5.74, 6) is 0.264. The summed E-state index contributed by atoms with van der Waals surface area (Å²) >= 11 is 6.16. The fourth-order valence-electron chi connectivity index (χ4n) is 6.01. The van der Waals surface area contributed by atoms with Gasteiger partial charge in [-0.1, -0.05) is 36.7 Å². The Morgan fingerprint density at radius 3 is 2.61 bits per heavy atom. The number of nitrogens with one attached hydrogen (secondary N) is 1. The van der Waals surface area contributed by atoms with Gasteiger partial charge in [0.2, 0.25) is 0 Å². The third-order valence-corrected chi connectivity index (χ3v) is 8.24. The maximum atomic E-state index is 14.1. The van der Waals surface area contributed by atoms with Gasteiger partial charge >= 0.3 is 0 Å². The zero-order valence-electron chi connectivity index (χ0n) is 21.5. The summed E-state index contributed by atoms with van der Waals surface area (Å²) in [4.78, 5) is 20.0. The Kier molecular flexibility index (Phi) is 6.26. The highest BCUT2D eigenvalue weighted by Crippen LogP contribution is 2.56. The van der Waals surface area contributed by atoms with Crippen molar-refractivity contribution in [1.29, 1.82) is 0 Å². The molecule has 2 aromatic carbocycles. The molecule has 8 heteroatoms. The van der Waals surface area contributed by atoms with E-state index in [1.807, 2.05) is 19.1 Å². The number of ether oxygens (including phenoxy) is 1. The van der Waals surface area contributed by atoms with E-state index in [0.717, 1.165) is 42.8 Å². The van der Waals surface area contributed by atoms with Crippen molar-refractivity contribution in [2.24, 2.45) is 5.41 Å². The first-order valence-electron chi connectivity index (χ1n) is 13.0. The lowest BCUT2D eigenvalue weighted by Gasteiger charge is -2.60. The zero-order chi connectivity index (χ0) is 26.4. The minimum absolute atomic E-state index is 0.165. The predicted octanol–water partition coefficient (Wildman–Crippen LogP) is 6.01. The average Bonchev–Trinajstić information content (AvgIpc) is 3.24. The van der Waals surface area contributed by atoms with Gasteiger partial charge in [0.15, 0.2) is 11.6 Å². The summed E-state index contributed by atoms with van der Waals surface area (Å²) in [7, 11) is 1.49. The number of fused-ring (bicyclic) bond motifs is 1. The molecule has 0 bridgehead atoms. The molecular weight excluding hydrogens is 503 g/mol. The monoisotopic (exact) mass is 532 g/mol.